The summed E-state index contributed by atoms with van der Waals surface area (Å²) in [5.41, 5.74) is 5.72. The van der Waals surface area contributed by atoms with Crippen molar-refractivity contribution in [1.29, 1.82) is 0 Å². The smallest absolute Gasteiger partial charge is 0.0784 e. The molecule has 0 aromatic heterocycles. The fourth-order valence-electron chi connectivity index (χ4n) is 2.33. The van der Waals surface area contributed by atoms with Crippen LogP contribution < -0.4 is 5.73 Å². The van der Waals surface area contributed by atoms with Crippen molar-refractivity contribution in [3.63, 3.8) is 0 Å². The summed E-state index contributed by atoms with van der Waals surface area (Å²) >= 11 is 5.08. The molecule has 3 nitrogen and oxygen atoms in total. The minimum atomic E-state index is -0.0150. The molecule has 0 amide bonds. The molecular formula is C13H26N2OS. The Morgan fingerprint density at radius 3 is 2.35 bits per heavy atom. The van der Waals surface area contributed by atoms with Crippen molar-refractivity contribution in [2.45, 2.75) is 52.7 Å². The largest absolute Gasteiger partial charge is 0.393 e. The molecule has 2 N–H and O–H groups in total. The van der Waals surface area contributed by atoms with Crippen LogP contribution in [0.15, 0.2) is 0 Å². The third-order valence-corrected chi connectivity index (χ3v) is 3.99. The zero-order valence-corrected chi connectivity index (χ0v) is 12.3. The highest BCUT2D eigenvalue weighted by Crippen LogP contribution is 2.23. The van der Waals surface area contributed by atoms with Crippen LogP contribution >= 0.6 is 12.2 Å². The Morgan fingerprint density at radius 2 is 1.88 bits per heavy atom. The second-order valence-electron chi connectivity index (χ2n) is 5.87. The summed E-state index contributed by atoms with van der Waals surface area (Å²) in [5, 5.41) is 0. The van der Waals surface area contributed by atoms with Gasteiger partial charge in [-0.15, -0.1) is 0 Å². The highest BCUT2D eigenvalue weighted by atomic mass is 32.1. The molecule has 100 valence electrons. The fraction of sp³-hybridized carbons (Fsp3) is 0.923. The van der Waals surface area contributed by atoms with Gasteiger partial charge in [0, 0.05) is 18.5 Å². The third-order valence-electron chi connectivity index (χ3n) is 3.44. The maximum absolute atomic E-state index is 5.73. The quantitative estimate of drug-likeness (QED) is 0.767. The third kappa shape index (κ3) is 4.90. The molecule has 1 saturated heterocycles. The molecule has 0 saturated carbocycles. The molecule has 2 unspecified atom stereocenters. The highest BCUT2D eigenvalue weighted by molar-refractivity contribution is 7.80. The summed E-state index contributed by atoms with van der Waals surface area (Å²) < 4.78 is 5.72. The average Bonchev–Trinajstić information content (AvgIpc) is 2.15. The van der Waals surface area contributed by atoms with Gasteiger partial charge >= 0.3 is 0 Å². The second kappa shape index (κ2) is 6.12. The van der Waals surface area contributed by atoms with Crippen LogP contribution in [-0.4, -0.2) is 41.7 Å². The van der Waals surface area contributed by atoms with Gasteiger partial charge in [0.2, 0.25) is 0 Å². The lowest BCUT2D eigenvalue weighted by atomic mass is 9.88. The molecule has 0 radical (unpaired) electrons. The van der Waals surface area contributed by atoms with E-state index in [1.807, 2.05) is 0 Å². The van der Waals surface area contributed by atoms with Crippen molar-refractivity contribution in [1.82, 2.24) is 4.90 Å². The Bertz CT molecular complexity index is 258. The van der Waals surface area contributed by atoms with Crippen molar-refractivity contribution < 1.29 is 4.74 Å². The van der Waals surface area contributed by atoms with Gasteiger partial charge in [0.25, 0.3) is 0 Å². The van der Waals surface area contributed by atoms with Crippen molar-refractivity contribution in [2.75, 3.05) is 19.6 Å². The average molecular weight is 258 g/mol. The van der Waals surface area contributed by atoms with Crippen molar-refractivity contribution >= 4 is 17.2 Å². The molecule has 17 heavy (non-hydrogen) atoms. The van der Waals surface area contributed by atoms with E-state index in [1.54, 1.807) is 0 Å². The molecule has 0 aromatic rings. The minimum Gasteiger partial charge on any atom is -0.393 e. The van der Waals surface area contributed by atoms with Gasteiger partial charge in [-0.25, -0.2) is 0 Å². The second-order valence-corrected chi connectivity index (χ2v) is 6.31. The van der Waals surface area contributed by atoms with E-state index < -0.39 is 0 Å². The topological polar surface area (TPSA) is 38.5 Å². The monoisotopic (exact) mass is 258 g/mol. The summed E-state index contributed by atoms with van der Waals surface area (Å²) in [6.07, 6.45) is 2.90. The maximum atomic E-state index is 5.73. The molecule has 1 fully saturated rings. The SMILES string of the molecule is CC1CN(CCCC(C)(C)C(N)=S)CC(C)O1. The molecule has 0 aromatic carbocycles. The predicted molar refractivity (Wildman–Crippen MR) is 76.2 cm³/mol. The first kappa shape index (κ1) is 14.9. The van der Waals surface area contributed by atoms with Crippen molar-refractivity contribution in [3.8, 4) is 0 Å². The van der Waals surface area contributed by atoms with Gasteiger partial charge in [-0.1, -0.05) is 26.1 Å². The number of hydrogen-bond acceptors (Lipinski definition) is 3. The lowest BCUT2D eigenvalue weighted by Crippen LogP contribution is -2.45. The van der Waals surface area contributed by atoms with E-state index in [0.717, 1.165) is 32.5 Å². The summed E-state index contributed by atoms with van der Waals surface area (Å²) in [7, 11) is 0. The van der Waals surface area contributed by atoms with Gasteiger partial charge < -0.3 is 10.5 Å². The maximum Gasteiger partial charge on any atom is 0.0784 e. The van der Waals surface area contributed by atoms with Crippen molar-refractivity contribution in [2.24, 2.45) is 11.1 Å². The van der Waals surface area contributed by atoms with Gasteiger partial charge in [-0.3, -0.25) is 4.90 Å². The van der Waals surface area contributed by atoms with E-state index in [9.17, 15) is 0 Å². The van der Waals surface area contributed by atoms with Gasteiger partial charge in [-0.2, -0.15) is 0 Å². The molecule has 1 aliphatic heterocycles. The number of nitrogens with zero attached hydrogens (tertiary/aromatic N) is 1. The number of ether oxygens (including phenoxy) is 1. The number of thiocarbonyl (C=S) groups is 1. The summed E-state index contributed by atoms with van der Waals surface area (Å²) in [6, 6.07) is 0. The van der Waals surface area contributed by atoms with Crippen LogP contribution in [0.3, 0.4) is 0 Å². The number of nitrogens with two attached hydrogens (primary N) is 1. The van der Waals surface area contributed by atoms with E-state index in [-0.39, 0.29) is 5.41 Å². The normalized spacial score (nSPS) is 27.1. The summed E-state index contributed by atoms with van der Waals surface area (Å²) in [4.78, 5) is 3.11. The molecule has 1 rings (SSSR count). The van der Waals surface area contributed by atoms with Gasteiger partial charge in [0.15, 0.2) is 0 Å². The van der Waals surface area contributed by atoms with E-state index in [4.69, 9.17) is 22.7 Å². The Balaban J connectivity index is 2.29. The molecule has 0 spiro atoms. The van der Waals surface area contributed by atoms with Crippen LogP contribution in [0.1, 0.15) is 40.5 Å². The first-order valence-electron chi connectivity index (χ1n) is 6.49. The molecule has 1 aliphatic rings. The van der Waals surface area contributed by atoms with E-state index in [0.29, 0.717) is 17.2 Å². The number of rotatable bonds is 5. The van der Waals surface area contributed by atoms with Gasteiger partial charge in [0.1, 0.15) is 0 Å². The Hall–Kier alpha value is -0.190. The predicted octanol–water partition coefficient (Wildman–Crippen LogP) is 2.19. The molecule has 4 heteroatoms. The first-order valence-corrected chi connectivity index (χ1v) is 6.90. The zero-order chi connectivity index (χ0) is 13.1. The van der Waals surface area contributed by atoms with Crippen LogP contribution in [0, 0.1) is 5.41 Å². The summed E-state index contributed by atoms with van der Waals surface area (Å²) in [6.45, 7) is 11.7. The lowest BCUT2D eigenvalue weighted by molar-refractivity contribution is -0.0684. The molecule has 2 atom stereocenters. The van der Waals surface area contributed by atoms with Crippen LogP contribution in [0.5, 0.6) is 0 Å². The molecular weight excluding hydrogens is 232 g/mol. The Morgan fingerprint density at radius 1 is 1.35 bits per heavy atom. The van der Waals surface area contributed by atoms with Crippen LogP contribution in [0.2, 0.25) is 0 Å². The van der Waals surface area contributed by atoms with Gasteiger partial charge in [-0.05, 0) is 33.2 Å². The lowest BCUT2D eigenvalue weighted by Gasteiger charge is -2.35. The molecule has 1 heterocycles. The van der Waals surface area contributed by atoms with Crippen molar-refractivity contribution in [3.05, 3.63) is 0 Å². The Labute approximate surface area is 111 Å². The van der Waals surface area contributed by atoms with Crippen LogP contribution in [0.25, 0.3) is 0 Å². The summed E-state index contributed by atoms with van der Waals surface area (Å²) in [5.74, 6) is 0. The molecule has 0 aliphatic carbocycles. The number of hydrogen-bond donors (Lipinski definition) is 1. The van der Waals surface area contributed by atoms with E-state index in [2.05, 4.69) is 32.6 Å². The standard InChI is InChI=1S/C13H26N2OS/c1-10-8-15(9-11(2)16-10)7-5-6-13(3,4)12(14)17/h10-11H,5-9H2,1-4H3,(H2,14,17). The number of morpholine rings is 1. The first-order chi connectivity index (χ1) is 7.81. The van der Waals surface area contributed by atoms with Gasteiger partial charge in [0.05, 0.1) is 17.2 Å². The highest BCUT2D eigenvalue weighted by Gasteiger charge is 2.24. The Kier molecular flexibility index (Phi) is 5.35. The molecule has 0 bridgehead atoms. The van der Waals surface area contributed by atoms with Crippen LogP contribution in [0.4, 0.5) is 0 Å². The minimum absolute atomic E-state index is 0.0150. The fourth-order valence-corrected chi connectivity index (χ4v) is 2.44. The van der Waals surface area contributed by atoms with E-state index >= 15 is 0 Å². The van der Waals surface area contributed by atoms with E-state index in [1.165, 1.54) is 0 Å². The van der Waals surface area contributed by atoms with Crippen LogP contribution in [-0.2, 0) is 4.74 Å². The zero-order valence-electron chi connectivity index (χ0n) is 11.5.